The minimum absolute atomic E-state index is 0.448. The largest absolute Gasteiger partial charge is 0.304 e. The molecule has 4 aromatic rings. The zero-order valence-electron chi connectivity index (χ0n) is 32.0. The molecule has 4 heterocycles. The van der Waals surface area contributed by atoms with Gasteiger partial charge in [-0.2, -0.15) is 5.10 Å². The third kappa shape index (κ3) is 10.7. The van der Waals surface area contributed by atoms with E-state index in [-0.39, 0.29) is 0 Å². The minimum atomic E-state index is 0.448. The molecule has 2 atom stereocenters. The van der Waals surface area contributed by atoms with Crippen molar-refractivity contribution in [2.45, 2.75) is 154 Å². The van der Waals surface area contributed by atoms with Crippen LogP contribution in [0.2, 0.25) is 0 Å². The van der Waals surface area contributed by atoms with Gasteiger partial charge >= 0.3 is 0 Å². The summed E-state index contributed by atoms with van der Waals surface area (Å²) in [4.78, 5) is 9.33. The molecular weight excluding hydrogens is 550 g/mol. The normalized spacial score (nSPS) is 16.0. The van der Waals surface area contributed by atoms with Crippen molar-refractivity contribution in [3.8, 4) is 0 Å². The molecule has 0 spiro atoms. The van der Waals surface area contributed by atoms with Crippen LogP contribution in [-0.2, 0) is 0 Å². The Morgan fingerprint density at radius 3 is 1.51 bits per heavy atom. The molecule has 0 bridgehead atoms. The molecule has 45 heavy (non-hydrogen) atoms. The highest BCUT2D eigenvalue weighted by atomic mass is 15.3. The monoisotopic (exact) mass is 620 g/mol. The quantitative estimate of drug-likeness (QED) is 0.216. The standard InChI is InChI=1S/C13H18N2.C12H17N3.C11H22.2C2H6/c1-9(2)12-13(10(3)4)15-8-6-5-7-11(15)14-12;1-8(2)11-12(9(3)4)15-10(14-11)6-5-7-13-15;1-8(2)10-6-5-7-11(10)9(3)4;2*1-2/h5-10H,1-4H3;5-9H,1-4H3;8-11H,5-7H2,1-4H3;2*1-2H3. The topological polar surface area (TPSA) is 47.5 Å². The fourth-order valence-electron chi connectivity index (χ4n) is 6.59. The van der Waals surface area contributed by atoms with Gasteiger partial charge in [0.05, 0.1) is 17.1 Å². The van der Waals surface area contributed by atoms with Crippen LogP contribution in [0.15, 0.2) is 42.7 Å². The lowest BCUT2D eigenvalue weighted by atomic mass is 9.80. The Kier molecular flexibility index (Phi) is 17.7. The molecule has 1 saturated carbocycles. The smallest absolute Gasteiger partial charge is 0.154 e. The molecule has 0 aliphatic heterocycles. The number of imidazole rings is 2. The zero-order chi connectivity index (χ0) is 34.4. The SMILES string of the molecule is CC.CC.CC(C)C1CCCC1C(C)C.CC(C)c1nc2ccccn2c1C(C)C.CC(C)c1nc2cccnn2c1C(C)C. The Morgan fingerprint density at radius 1 is 0.578 bits per heavy atom. The van der Waals surface area contributed by atoms with Gasteiger partial charge in [-0.05, 0) is 84.5 Å². The lowest BCUT2D eigenvalue weighted by Gasteiger charge is -2.26. The average molecular weight is 620 g/mol. The molecule has 0 aromatic carbocycles. The maximum Gasteiger partial charge on any atom is 0.154 e. The van der Waals surface area contributed by atoms with Crippen LogP contribution < -0.4 is 0 Å². The zero-order valence-corrected chi connectivity index (χ0v) is 32.0. The van der Waals surface area contributed by atoms with Crippen molar-refractivity contribution >= 4 is 11.3 Å². The van der Waals surface area contributed by atoms with Gasteiger partial charge in [0, 0.05) is 18.1 Å². The van der Waals surface area contributed by atoms with Crippen LogP contribution in [0.25, 0.3) is 11.3 Å². The maximum absolute atomic E-state index is 4.70. The highest BCUT2D eigenvalue weighted by Crippen LogP contribution is 2.40. The van der Waals surface area contributed by atoms with Crippen molar-refractivity contribution in [2.75, 3.05) is 0 Å². The van der Waals surface area contributed by atoms with Gasteiger partial charge in [0.15, 0.2) is 5.65 Å². The van der Waals surface area contributed by atoms with E-state index in [9.17, 15) is 0 Å². The number of fused-ring (bicyclic) bond motifs is 2. The first-order chi connectivity index (χ1) is 21.3. The van der Waals surface area contributed by atoms with Crippen molar-refractivity contribution in [2.24, 2.45) is 23.7 Å². The molecule has 0 amide bonds. The van der Waals surface area contributed by atoms with Crippen molar-refractivity contribution in [1.82, 2.24) is 24.0 Å². The predicted molar refractivity (Wildman–Crippen MR) is 198 cm³/mol. The van der Waals surface area contributed by atoms with Gasteiger partial charge in [-0.25, -0.2) is 14.5 Å². The van der Waals surface area contributed by atoms with E-state index in [2.05, 4.69) is 116 Å². The van der Waals surface area contributed by atoms with Crippen LogP contribution in [0.1, 0.15) is 176 Å². The molecule has 5 rings (SSSR count). The number of hydrogen-bond donors (Lipinski definition) is 0. The van der Waals surface area contributed by atoms with Crippen LogP contribution in [0.4, 0.5) is 0 Å². The first kappa shape index (κ1) is 40.3. The molecule has 2 unspecified atom stereocenters. The molecule has 1 aliphatic rings. The molecule has 0 N–H and O–H groups in total. The number of rotatable bonds is 6. The van der Waals surface area contributed by atoms with Crippen LogP contribution in [0.3, 0.4) is 0 Å². The Bertz CT molecular complexity index is 1250. The van der Waals surface area contributed by atoms with Crippen LogP contribution >= 0.6 is 0 Å². The summed E-state index contributed by atoms with van der Waals surface area (Å²) in [6, 6.07) is 10.1. The van der Waals surface area contributed by atoms with Crippen LogP contribution in [-0.4, -0.2) is 24.0 Å². The second-order valence-electron chi connectivity index (χ2n) is 13.9. The number of pyridine rings is 1. The van der Waals surface area contributed by atoms with Gasteiger partial charge in [0.25, 0.3) is 0 Å². The lowest BCUT2D eigenvalue weighted by molar-refractivity contribution is 0.235. The van der Waals surface area contributed by atoms with Crippen molar-refractivity contribution in [3.63, 3.8) is 0 Å². The average Bonchev–Trinajstić information content (AvgIpc) is 3.75. The molecule has 5 nitrogen and oxygen atoms in total. The first-order valence-electron chi connectivity index (χ1n) is 18.1. The van der Waals surface area contributed by atoms with Gasteiger partial charge in [-0.3, -0.25) is 0 Å². The number of aromatic nitrogens is 5. The summed E-state index contributed by atoms with van der Waals surface area (Å²) in [5.41, 5.74) is 7.00. The maximum atomic E-state index is 4.70. The second kappa shape index (κ2) is 19.7. The Labute approximate surface area is 277 Å². The molecule has 254 valence electrons. The lowest BCUT2D eigenvalue weighted by Crippen LogP contribution is -2.18. The van der Waals surface area contributed by atoms with Gasteiger partial charge in [0.1, 0.15) is 5.65 Å². The van der Waals surface area contributed by atoms with Crippen molar-refractivity contribution in [1.29, 1.82) is 0 Å². The first-order valence-corrected chi connectivity index (χ1v) is 18.1. The second-order valence-corrected chi connectivity index (χ2v) is 13.9. The fraction of sp³-hybridized carbons (Fsp3) is 0.675. The Balaban J connectivity index is 0.000000323. The Hall–Kier alpha value is -2.69. The van der Waals surface area contributed by atoms with E-state index in [4.69, 9.17) is 4.98 Å². The molecule has 0 saturated heterocycles. The highest BCUT2D eigenvalue weighted by molar-refractivity contribution is 5.45. The molecule has 0 radical (unpaired) electrons. The summed E-state index contributed by atoms with van der Waals surface area (Å²) >= 11 is 0. The summed E-state index contributed by atoms with van der Waals surface area (Å²) in [5, 5.41) is 4.36. The molecule has 1 fully saturated rings. The molecule has 4 aromatic heterocycles. The number of nitrogens with zero attached hydrogens (tertiary/aromatic N) is 5. The third-order valence-electron chi connectivity index (χ3n) is 8.58. The summed E-state index contributed by atoms with van der Waals surface area (Å²) in [5.74, 6) is 5.76. The Morgan fingerprint density at radius 2 is 1.04 bits per heavy atom. The van der Waals surface area contributed by atoms with Gasteiger partial charge in [-0.15, -0.1) is 0 Å². The van der Waals surface area contributed by atoms with Crippen LogP contribution in [0.5, 0.6) is 0 Å². The van der Waals surface area contributed by atoms with Crippen LogP contribution in [0, 0.1) is 23.7 Å². The van der Waals surface area contributed by atoms with Crippen molar-refractivity contribution < 1.29 is 0 Å². The summed E-state index contributed by atoms with van der Waals surface area (Å²) in [6.45, 7) is 35.1. The van der Waals surface area contributed by atoms with Gasteiger partial charge < -0.3 is 4.40 Å². The van der Waals surface area contributed by atoms with Gasteiger partial charge in [-0.1, -0.05) is 123 Å². The minimum Gasteiger partial charge on any atom is -0.304 e. The summed E-state index contributed by atoms with van der Waals surface area (Å²) in [6.07, 6.45) is 8.36. The third-order valence-corrected chi connectivity index (χ3v) is 8.58. The van der Waals surface area contributed by atoms with E-state index >= 15 is 0 Å². The molecule has 5 heteroatoms. The van der Waals surface area contributed by atoms with E-state index in [1.807, 2.05) is 56.6 Å². The van der Waals surface area contributed by atoms with E-state index in [1.165, 1.54) is 42.0 Å². The fourth-order valence-corrected chi connectivity index (χ4v) is 6.59. The molecular formula is C40H69N5. The number of hydrogen-bond acceptors (Lipinski definition) is 3. The van der Waals surface area contributed by atoms with Crippen molar-refractivity contribution in [3.05, 3.63) is 65.5 Å². The van der Waals surface area contributed by atoms with Gasteiger partial charge in [0.2, 0.25) is 0 Å². The van der Waals surface area contributed by atoms with E-state index in [1.54, 1.807) is 0 Å². The summed E-state index contributed by atoms with van der Waals surface area (Å²) < 4.78 is 4.17. The van der Waals surface area contributed by atoms with E-state index < -0.39 is 0 Å². The predicted octanol–water partition coefficient (Wildman–Crippen LogP) is 12.3. The van der Waals surface area contributed by atoms with E-state index in [0.717, 1.165) is 35.0 Å². The molecule has 1 aliphatic carbocycles. The summed E-state index contributed by atoms with van der Waals surface area (Å²) in [7, 11) is 0. The highest BCUT2D eigenvalue weighted by Gasteiger charge is 2.31. The van der Waals surface area contributed by atoms with E-state index in [0.29, 0.717) is 23.7 Å².